The third-order valence-corrected chi connectivity index (χ3v) is 5.35. The van der Waals surface area contributed by atoms with Gasteiger partial charge in [0.05, 0.1) is 7.11 Å². The van der Waals surface area contributed by atoms with E-state index in [9.17, 15) is 14.4 Å². The second-order valence-electron chi connectivity index (χ2n) is 6.96. The first-order valence-corrected chi connectivity index (χ1v) is 11.0. The van der Waals surface area contributed by atoms with Crippen LogP contribution in [0.5, 0.6) is 0 Å². The molecule has 1 unspecified atom stereocenters. The van der Waals surface area contributed by atoms with Crippen molar-refractivity contribution < 1.29 is 19.1 Å². The maximum atomic E-state index is 12.4. The van der Waals surface area contributed by atoms with Gasteiger partial charge in [0.15, 0.2) is 0 Å². The Morgan fingerprint density at radius 1 is 0.839 bits per heavy atom. The van der Waals surface area contributed by atoms with Gasteiger partial charge < -0.3 is 15.4 Å². The highest BCUT2D eigenvalue weighted by Crippen LogP contribution is 2.10. The summed E-state index contributed by atoms with van der Waals surface area (Å²) in [7, 11) is 1.28. The van der Waals surface area contributed by atoms with Gasteiger partial charge in [0, 0.05) is 29.4 Å². The SMILES string of the molecule is COC(=O)C(CCCCNC(=O)c1ccc(CCl)cc1)NC(=O)c1ccc(CCl)cc1. The summed E-state index contributed by atoms with van der Waals surface area (Å²) in [4.78, 5) is 36.7. The fraction of sp³-hybridized carbons (Fsp3) is 0.348. The molecule has 1 atom stereocenters. The minimum absolute atomic E-state index is 0.167. The summed E-state index contributed by atoms with van der Waals surface area (Å²) in [6, 6.07) is 13.2. The number of rotatable bonds is 11. The van der Waals surface area contributed by atoms with E-state index in [0.717, 1.165) is 11.1 Å². The molecule has 0 bridgehead atoms. The molecule has 2 N–H and O–H groups in total. The summed E-state index contributed by atoms with van der Waals surface area (Å²) in [6.45, 7) is 0.456. The van der Waals surface area contributed by atoms with Crippen LogP contribution in [-0.2, 0) is 21.3 Å². The number of ether oxygens (including phenoxy) is 1. The van der Waals surface area contributed by atoms with Crippen molar-refractivity contribution in [2.45, 2.75) is 37.1 Å². The zero-order chi connectivity index (χ0) is 22.6. The van der Waals surface area contributed by atoms with E-state index < -0.39 is 12.0 Å². The Balaban J connectivity index is 1.79. The van der Waals surface area contributed by atoms with Crippen LogP contribution >= 0.6 is 23.2 Å². The number of hydrogen-bond donors (Lipinski definition) is 2. The minimum atomic E-state index is -0.760. The predicted octanol–water partition coefficient (Wildman–Crippen LogP) is 4.04. The van der Waals surface area contributed by atoms with Crippen LogP contribution in [0.15, 0.2) is 48.5 Å². The van der Waals surface area contributed by atoms with Crippen LogP contribution in [0.4, 0.5) is 0 Å². The molecule has 0 aliphatic carbocycles. The first-order chi connectivity index (χ1) is 15.0. The highest BCUT2D eigenvalue weighted by molar-refractivity contribution is 6.17. The van der Waals surface area contributed by atoms with Gasteiger partial charge in [-0.3, -0.25) is 9.59 Å². The third kappa shape index (κ3) is 7.89. The van der Waals surface area contributed by atoms with E-state index in [1.54, 1.807) is 36.4 Å². The number of nitrogens with one attached hydrogen (secondary N) is 2. The first-order valence-electron chi connectivity index (χ1n) is 9.95. The molecule has 0 aliphatic rings. The van der Waals surface area contributed by atoms with Crippen molar-refractivity contribution in [3.63, 3.8) is 0 Å². The lowest BCUT2D eigenvalue weighted by Crippen LogP contribution is -2.41. The first kappa shape index (κ1) is 24.7. The molecule has 0 saturated carbocycles. The molecule has 2 aromatic rings. The number of hydrogen-bond acceptors (Lipinski definition) is 4. The summed E-state index contributed by atoms with van der Waals surface area (Å²) in [6.07, 6.45) is 1.68. The Bertz CT molecular complexity index is 870. The lowest BCUT2D eigenvalue weighted by Gasteiger charge is -2.16. The van der Waals surface area contributed by atoms with E-state index in [2.05, 4.69) is 10.6 Å². The predicted molar refractivity (Wildman–Crippen MR) is 121 cm³/mol. The topological polar surface area (TPSA) is 84.5 Å². The van der Waals surface area contributed by atoms with E-state index in [1.807, 2.05) is 12.1 Å². The van der Waals surface area contributed by atoms with Crippen molar-refractivity contribution in [2.24, 2.45) is 0 Å². The van der Waals surface area contributed by atoms with Crippen molar-refractivity contribution in [3.8, 4) is 0 Å². The largest absolute Gasteiger partial charge is 0.467 e. The Hall–Kier alpha value is -2.57. The summed E-state index contributed by atoms with van der Waals surface area (Å²) >= 11 is 11.5. The lowest BCUT2D eigenvalue weighted by atomic mass is 10.1. The van der Waals surface area contributed by atoms with E-state index in [-0.39, 0.29) is 11.8 Å². The van der Waals surface area contributed by atoms with Gasteiger partial charge in [0.1, 0.15) is 6.04 Å². The molecule has 2 amide bonds. The molecule has 8 heteroatoms. The van der Waals surface area contributed by atoms with Crippen molar-refractivity contribution in [1.29, 1.82) is 0 Å². The van der Waals surface area contributed by atoms with Crippen LogP contribution < -0.4 is 10.6 Å². The maximum absolute atomic E-state index is 12.4. The number of alkyl halides is 2. The molecular weight excluding hydrogens is 439 g/mol. The molecule has 0 aliphatic heterocycles. The molecule has 0 aromatic heterocycles. The van der Waals surface area contributed by atoms with Crippen molar-refractivity contribution in [1.82, 2.24) is 10.6 Å². The molecule has 0 spiro atoms. The minimum Gasteiger partial charge on any atom is -0.467 e. The molecule has 0 saturated heterocycles. The van der Waals surface area contributed by atoms with Crippen LogP contribution in [0, 0.1) is 0 Å². The summed E-state index contributed by atoms with van der Waals surface area (Å²) in [5.41, 5.74) is 2.85. The Morgan fingerprint density at radius 2 is 1.35 bits per heavy atom. The van der Waals surface area contributed by atoms with Crippen LogP contribution in [-0.4, -0.2) is 37.5 Å². The van der Waals surface area contributed by atoms with E-state index in [1.165, 1.54) is 7.11 Å². The second kappa shape index (κ2) is 13.0. The second-order valence-corrected chi connectivity index (χ2v) is 7.50. The van der Waals surface area contributed by atoms with Gasteiger partial charge in [-0.15, -0.1) is 23.2 Å². The van der Waals surface area contributed by atoms with Crippen LogP contribution in [0.25, 0.3) is 0 Å². The van der Waals surface area contributed by atoms with Crippen LogP contribution in [0.1, 0.15) is 51.1 Å². The van der Waals surface area contributed by atoms with E-state index in [4.69, 9.17) is 27.9 Å². The smallest absolute Gasteiger partial charge is 0.328 e. The van der Waals surface area contributed by atoms with Crippen LogP contribution in [0.3, 0.4) is 0 Å². The molecule has 0 heterocycles. The average molecular weight is 465 g/mol. The van der Waals surface area contributed by atoms with Gasteiger partial charge in [-0.1, -0.05) is 24.3 Å². The highest BCUT2D eigenvalue weighted by Gasteiger charge is 2.21. The molecule has 31 heavy (non-hydrogen) atoms. The van der Waals surface area contributed by atoms with Gasteiger partial charge in [-0.05, 0) is 54.7 Å². The van der Waals surface area contributed by atoms with Gasteiger partial charge in [0.2, 0.25) is 0 Å². The van der Waals surface area contributed by atoms with Crippen molar-refractivity contribution in [3.05, 3.63) is 70.8 Å². The third-order valence-electron chi connectivity index (χ3n) is 4.74. The molecule has 6 nitrogen and oxygen atoms in total. The number of methoxy groups -OCH3 is 1. The number of esters is 1. The Kier molecular flexibility index (Phi) is 10.3. The molecule has 166 valence electrons. The maximum Gasteiger partial charge on any atom is 0.328 e. The number of carbonyl (C=O) groups excluding carboxylic acids is 3. The lowest BCUT2D eigenvalue weighted by molar-refractivity contribution is -0.143. The molecule has 0 radical (unpaired) electrons. The summed E-state index contributed by atoms with van der Waals surface area (Å²) in [5.74, 6) is -0.265. The molecular formula is C23H26Cl2N2O4. The van der Waals surface area contributed by atoms with Crippen LogP contribution in [0.2, 0.25) is 0 Å². The van der Waals surface area contributed by atoms with E-state index >= 15 is 0 Å². The van der Waals surface area contributed by atoms with Crippen molar-refractivity contribution >= 4 is 41.0 Å². The number of unbranched alkanes of at least 4 members (excludes halogenated alkanes) is 1. The highest BCUT2D eigenvalue weighted by atomic mass is 35.5. The summed E-state index contributed by atoms with van der Waals surface area (Å²) in [5, 5.41) is 5.56. The average Bonchev–Trinajstić information content (AvgIpc) is 2.82. The zero-order valence-electron chi connectivity index (χ0n) is 17.3. The fourth-order valence-electron chi connectivity index (χ4n) is 2.90. The van der Waals surface area contributed by atoms with E-state index in [0.29, 0.717) is 48.7 Å². The monoisotopic (exact) mass is 464 g/mol. The van der Waals surface area contributed by atoms with Gasteiger partial charge in [-0.2, -0.15) is 0 Å². The van der Waals surface area contributed by atoms with Crippen molar-refractivity contribution in [2.75, 3.05) is 13.7 Å². The standard InChI is InChI=1S/C23H26Cl2N2O4/c1-31-23(30)20(27-22(29)19-11-7-17(15-25)8-12-19)4-2-3-13-26-21(28)18-9-5-16(14-24)6-10-18/h5-12,20H,2-4,13-15H2,1H3,(H,26,28)(H,27,29). The molecule has 0 fully saturated rings. The molecule has 2 rings (SSSR count). The number of amides is 2. The zero-order valence-corrected chi connectivity index (χ0v) is 18.8. The Labute approximate surface area is 192 Å². The van der Waals surface area contributed by atoms with Gasteiger partial charge in [-0.25, -0.2) is 4.79 Å². The summed E-state index contributed by atoms with van der Waals surface area (Å²) < 4.78 is 4.81. The van der Waals surface area contributed by atoms with Gasteiger partial charge in [0.25, 0.3) is 11.8 Å². The fourth-order valence-corrected chi connectivity index (χ4v) is 3.26. The number of carbonyl (C=O) groups is 3. The number of halogens is 2. The van der Waals surface area contributed by atoms with Gasteiger partial charge >= 0.3 is 5.97 Å². The molecule has 2 aromatic carbocycles. The normalized spacial score (nSPS) is 11.5. The quantitative estimate of drug-likeness (QED) is 0.298. The Morgan fingerprint density at radius 3 is 1.84 bits per heavy atom. The number of benzene rings is 2.